The zero-order chi connectivity index (χ0) is 27.4. The third-order valence-electron chi connectivity index (χ3n) is 6.22. The quantitative estimate of drug-likeness (QED) is 0.468. The molecule has 7 nitrogen and oxygen atoms in total. The van der Waals surface area contributed by atoms with Gasteiger partial charge in [0.25, 0.3) is 0 Å². The number of carboxylic acids is 1. The number of aromatic nitrogens is 1. The van der Waals surface area contributed by atoms with E-state index < -0.39 is 53.2 Å². The van der Waals surface area contributed by atoms with Gasteiger partial charge in [0.1, 0.15) is 0 Å². The first-order valence-corrected chi connectivity index (χ1v) is 11.8. The van der Waals surface area contributed by atoms with Crippen LogP contribution in [0.25, 0.3) is 5.57 Å². The van der Waals surface area contributed by atoms with Crippen molar-refractivity contribution in [1.82, 2.24) is 4.98 Å². The number of carbonyl (C=O) groups is 1. The minimum atomic E-state index is -5.07. The van der Waals surface area contributed by atoms with Gasteiger partial charge >= 0.3 is 18.3 Å². The summed E-state index contributed by atoms with van der Waals surface area (Å²) < 4.78 is 81.2. The minimum Gasteiger partial charge on any atom is -0.492 e. The number of anilines is 1. The number of alkyl halides is 6. The van der Waals surface area contributed by atoms with Crippen LogP contribution in [-0.2, 0) is 23.6 Å². The second-order valence-electron chi connectivity index (χ2n) is 8.73. The lowest BCUT2D eigenvalue weighted by Crippen LogP contribution is -2.50. The van der Waals surface area contributed by atoms with Gasteiger partial charge in [-0.1, -0.05) is 23.5 Å². The Labute approximate surface area is 213 Å². The fourth-order valence-electron chi connectivity index (χ4n) is 4.19. The Bertz CT molecular complexity index is 1590. The largest absolute Gasteiger partial charge is 0.492 e. The molecule has 2 aromatic carbocycles. The van der Waals surface area contributed by atoms with Crippen LogP contribution in [0, 0.1) is 5.92 Å². The number of hydrogen-bond acceptors (Lipinski definition) is 7. The van der Waals surface area contributed by atoms with Crippen molar-refractivity contribution in [3.05, 3.63) is 74.1 Å². The van der Waals surface area contributed by atoms with Crippen molar-refractivity contribution < 1.29 is 41.4 Å². The summed E-state index contributed by atoms with van der Waals surface area (Å²) in [4.78, 5) is 16.9. The van der Waals surface area contributed by atoms with Gasteiger partial charge < -0.3 is 15.1 Å². The molecule has 1 saturated heterocycles. The van der Waals surface area contributed by atoms with Crippen LogP contribution in [0.4, 0.5) is 31.5 Å². The Balaban J connectivity index is 1.64. The SMILES string of the molecule is O=C(O)C1CN(c2nc(O)c(C(Cc3ccc(C(F)(F)F)cc3C(F)(F)F)=c3ccc4c(c3)C=NN=4)s2)C1. The van der Waals surface area contributed by atoms with Crippen LogP contribution in [0.2, 0.25) is 0 Å². The molecule has 0 radical (unpaired) electrons. The number of nitrogens with zero attached hydrogens (tertiary/aromatic N) is 4. The number of hydrogen-bond donors (Lipinski definition) is 2. The maximum atomic E-state index is 13.9. The standard InChI is InChI=1S/C24H16F6N4O3S/c25-23(26,27)15-3-1-12(17(7-15)24(28,29)30)6-16(11-2-4-18-13(5-11)8-31-33-18)19-20(35)32-22(38-19)34-9-14(10-34)21(36)37/h1-5,7-8,14,35H,6,9-10H2,(H,36,37). The van der Waals surface area contributed by atoms with E-state index in [-0.39, 0.29) is 34.7 Å². The van der Waals surface area contributed by atoms with E-state index in [1.54, 1.807) is 23.1 Å². The number of rotatable bonds is 5. The van der Waals surface area contributed by atoms with Gasteiger partial charge in [-0.3, -0.25) is 4.79 Å². The molecular formula is C24H16F6N4O3S. The van der Waals surface area contributed by atoms with E-state index in [0.717, 1.165) is 17.4 Å². The number of aliphatic carboxylic acids is 1. The minimum absolute atomic E-state index is 0.0747. The van der Waals surface area contributed by atoms with Crippen molar-refractivity contribution in [2.45, 2.75) is 18.8 Å². The number of carboxylic acid groups (broad SMARTS) is 1. The molecule has 5 rings (SSSR count). The van der Waals surface area contributed by atoms with Crippen molar-refractivity contribution in [2.75, 3.05) is 18.0 Å². The van der Waals surface area contributed by atoms with Crippen LogP contribution < -0.4 is 15.5 Å². The molecule has 1 aromatic heterocycles. The molecule has 1 fully saturated rings. The highest BCUT2D eigenvalue weighted by Gasteiger charge is 2.39. The van der Waals surface area contributed by atoms with Gasteiger partial charge in [0.2, 0.25) is 5.88 Å². The molecule has 38 heavy (non-hydrogen) atoms. The molecule has 0 aliphatic carbocycles. The molecule has 0 unspecified atom stereocenters. The van der Waals surface area contributed by atoms with Crippen molar-refractivity contribution in [1.29, 1.82) is 0 Å². The maximum absolute atomic E-state index is 13.9. The van der Waals surface area contributed by atoms with Gasteiger partial charge in [-0.25, -0.2) is 0 Å². The van der Waals surface area contributed by atoms with Crippen molar-refractivity contribution in [3.63, 3.8) is 0 Å². The molecule has 14 heteroatoms. The van der Waals surface area contributed by atoms with Crippen molar-refractivity contribution >= 4 is 34.2 Å². The molecule has 2 N–H and O–H groups in total. The van der Waals surface area contributed by atoms with Crippen LogP contribution >= 0.6 is 11.3 Å². The number of fused-ring (bicyclic) bond motifs is 1. The Kier molecular flexibility index (Phi) is 6.16. The van der Waals surface area contributed by atoms with Crippen LogP contribution in [0.5, 0.6) is 5.88 Å². The lowest BCUT2D eigenvalue weighted by Gasteiger charge is -2.36. The summed E-state index contributed by atoms with van der Waals surface area (Å²) in [5.41, 5.74) is -2.55. The molecule has 0 atom stereocenters. The maximum Gasteiger partial charge on any atom is 0.416 e. The van der Waals surface area contributed by atoms with Gasteiger partial charge in [-0.15, -0.1) is 0 Å². The summed E-state index contributed by atoms with van der Waals surface area (Å²) in [7, 11) is 0. The predicted octanol–water partition coefficient (Wildman–Crippen LogP) is 3.82. The molecule has 0 saturated carbocycles. The van der Waals surface area contributed by atoms with E-state index in [0.29, 0.717) is 22.2 Å². The van der Waals surface area contributed by atoms with Crippen LogP contribution in [-0.4, -0.2) is 40.5 Å². The van der Waals surface area contributed by atoms with Gasteiger partial charge in [-0.2, -0.15) is 41.5 Å². The first kappa shape index (κ1) is 25.7. The fourth-order valence-corrected chi connectivity index (χ4v) is 5.23. The van der Waals surface area contributed by atoms with E-state index in [1.165, 1.54) is 6.21 Å². The second-order valence-corrected chi connectivity index (χ2v) is 9.71. The number of thiazole rings is 1. The summed E-state index contributed by atoms with van der Waals surface area (Å²) in [5, 5.41) is 28.7. The molecule has 198 valence electrons. The topological polar surface area (TPSA) is 98.4 Å². The molecule has 3 aromatic rings. The van der Waals surface area contributed by atoms with Gasteiger partial charge in [0.15, 0.2) is 5.13 Å². The van der Waals surface area contributed by atoms with Crippen LogP contribution in [0.1, 0.15) is 27.1 Å². The lowest BCUT2D eigenvalue weighted by molar-refractivity contribution is -0.144. The molecule has 0 bridgehead atoms. The molecule has 2 aliphatic heterocycles. The summed E-state index contributed by atoms with van der Waals surface area (Å²) >= 11 is 0.950. The van der Waals surface area contributed by atoms with E-state index in [4.69, 9.17) is 5.11 Å². The molecule has 0 amide bonds. The van der Waals surface area contributed by atoms with Crippen LogP contribution in [0.3, 0.4) is 0 Å². The first-order valence-electron chi connectivity index (χ1n) is 11.0. The summed E-state index contributed by atoms with van der Waals surface area (Å²) in [6.45, 7) is 0.288. The molecule has 2 aliphatic rings. The monoisotopic (exact) mass is 554 g/mol. The van der Waals surface area contributed by atoms with Crippen LogP contribution in [0.15, 0.2) is 46.6 Å². The number of aromatic hydroxyl groups is 1. The van der Waals surface area contributed by atoms with Crippen molar-refractivity contribution in [3.8, 4) is 5.88 Å². The predicted molar refractivity (Wildman–Crippen MR) is 125 cm³/mol. The first-order chi connectivity index (χ1) is 17.8. The van der Waals surface area contributed by atoms with Gasteiger partial charge in [0.05, 0.1) is 33.5 Å². The smallest absolute Gasteiger partial charge is 0.416 e. The Morgan fingerprint density at radius 1 is 1.05 bits per heavy atom. The molecule has 3 heterocycles. The average Bonchev–Trinajstić information content (AvgIpc) is 3.40. The van der Waals surface area contributed by atoms with Gasteiger partial charge in [-0.05, 0) is 40.6 Å². The van der Waals surface area contributed by atoms with E-state index in [1.807, 2.05) is 0 Å². The average molecular weight is 554 g/mol. The normalized spacial score (nSPS) is 16.2. The Morgan fingerprint density at radius 2 is 1.79 bits per heavy atom. The summed E-state index contributed by atoms with van der Waals surface area (Å²) in [6.07, 6.45) is -9.08. The third-order valence-corrected chi connectivity index (χ3v) is 7.39. The fraction of sp³-hybridized carbons (Fsp3) is 0.250. The number of halogens is 6. The Morgan fingerprint density at radius 3 is 2.45 bits per heavy atom. The molecular weight excluding hydrogens is 538 g/mol. The summed E-state index contributed by atoms with van der Waals surface area (Å²) in [6, 6.07) is 6.19. The van der Waals surface area contributed by atoms with Crippen molar-refractivity contribution in [2.24, 2.45) is 16.1 Å². The highest BCUT2D eigenvalue weighted by molar-refractivity contribution is 7.17. The molecule has 0 spiro atoms. The third kappa shape index (κ3) is 4.83. The van der Waals surface area contributed by atoms with E-state index in [9.17, 15) is 36.2 Å². The zero-order valence-electron chi connectivity index (χ0n) is 19.0. The van der Waals surface area contributed by atoms with Gasteiger partial charge in [0, 0.05) is 25.1 Å². The van der Waals surface area contributed by atoms with E-state index >= 15 is 0 Å². The highest BCUT2D eigenvalue weighted by Crippen LogP contribution is 2.41. The van der Waals surface area contributed by atoms with E-state index in [2.05, 4.69) is 15.2 Å². The Hall–Kier alpha value is -3.94. The highest BCUT2D eigenvalue weighted by atomic mass is 32.1. The summed E-state index contributed by atoms with van der Waals surface area (Å²) in [5.74, 6) is -2.09. The number of benzene rings is 2. The lowest BCUT2D eigenvalue weighted by atomic mass is 9.94. The second kappa shape index (κ2) is 9.11. The zero-order valence-corrected chi connectivity index (χ0v) is 19.8.